The van der Waals surface area contributed by atoms with Gasteiger partial charge in [-0.3, -0.25) is 14.4 Å². The lowest BCUT2D eigenvalue weighted by atomic mass is 9.80. The van der Waals surface area contributed by atoms with Crippen molar-refractivity contribution in [1.82, 2.24) is 20.5 Å². The number of hydrogen-bond donors (Lipinski definition) is 1. The maximum Gasteiger partial charge on any atom is 0.224 e. The van der Waals surface area contributed by atoms with E-state index in [4.69, 9.17) is 9.57 Å². The number of aromatic nitrogens is 3. The van der Waals surface area contributed by atoms with Crippen molar-refractivity contribution < 1.29 is 24.0 Å². The average molecular weight is 617 g/mol. The number of amides is 1. The topological polar surface area (TPSA) is 112 Å². The molecule has 1 N–H and O–H groups in total. The van der Waals surface area contributed by atoms with Gasteiger partial charge in [0.1, 0.15) is 28.3 Å². The Labute approximate surface area is 267 Å². The zero-order chi connectivity index (χ0) is 32.0. The Kier molecular flexibility index (Phi) is 9.19. The zero-order valence-electron chi connectivity index (χ0n) is 25.8. The van der Waals surface area contributed by atoms with Gasteiger partial charge in [0.05, 0.1) is 12.0 Å². The summed E-state index contributed by atoms with van der Waals surface area (Å²) in [6.07, 6.45) is 0.777. The third-order valence-corrected chi connectivity index (χ3v) is 8.21. The van der Waals surface area contributed by atoms with E-state index in [0.29, 0.717) is 29.0 Å². The predicted octanol–water partition coefficient (Wildman–Crippen LogP) is 5.72. The minimum absolute atomic E-state index is 0.0189. The van der Waals surface area contributed by atoms with E-state index >= 15 is 0 Å². The van der Waals surface area contributed by atoms with Crippen molar-refractivity contribution >= 4 is 28.5 Å². The van der Waals surface area contributed by atoms with E-state index in [9.17, 15) is 14.4 Å². The van der Waals surface area contributed by atoms with Crippen molar-refractivity contribution in [3.8, 4) is 11.5 Å². The smallest absolute Gasteiger partial charge is 0.224 e. The summed E-state index contributed by atoms with van der Waals surface area (Å²) in [4.78, 5) is 48.7. The molecule has 0 saturated heterocycles. The van der Waals surface area contributed by atoms with Crippen molar-refractivity contribution in [3.63, 3.8) is 0 Å². The summed E-state index contributed by atoms with van der Waals surface area (Å²) in [5.41, 5.74) is 3.72. The summed E-state index contributed by atoms with van der Waals surface area (Å²) >= 11 is 0. The molecular weight excluding hydrogens is 580 g/mol. The van der Waals surface area contributed by atoms with Gasteiger partial charge in [-0.25, -0.2) is 0 Å². The summed E-state index contributed by atoms with van der Waals surface area (Å²) in [6, 6.07) is 30.9. The van der Waals surface area contributed by atoms with E-state index in [1.807, 2.05) is 105 Å². The molecule has 9 nitrogen and oxygen atoms in total. The maximum absolute atomic E-state index is 14.1. The second-order valence-electron chi connectivity index (χ2n) is 12.0. The van der Waals surface area contributed by atoms with Gasteiger partial charge < -0.3 is 14.9 Å². The maximum atomic E-state index is 14.1. The number of benzene rings is 4. The molecule has 6 rings (SSSR count). The molecule has 1 aliphatic heterocycles. The van der Waals surface area contributed by atoms with Crippen molar-refractivity contribution in [2.75, 3.05) is 6.61 Å². The summed E-state index contributed by atoms with van der Waals surface area (Å²) in [7, 11) is 0. The van der Waals surface area contributed by atoms with Crippen LogP contribution in [-0.2, 0) is 20.8 Å². The number of Topliss-reactive ketones (excluding diaryl/α,β-unsaturated/α-hetero) is 2. The van der Waals surface area contributed by atoms with E-state index < -0.39 is 17.9 Å². The van der Waals surface area contributed by atoms with Crippen molar-refractivity contribution in [1.29, 1.82) is 0 Å². The Morgan fingerprint density at radius 1 is 0.848 bits per heavy atom. The van der Waals surface area contributed by atoms with Crippen LogP contribution in [0.15, 0.2) is 103 Å². The molecule has 0 radical (unpaired) electrons. The first-order valence-corrected chi connectivity index (χ1v) is 15.6. The zero-order valence-corrected chi connectivity index (χ0v) is 25.8. The highest BCUT2D eigenvalue weighted by Crippen LogP contribution is 2.45. The Morgan fingerprint density at radius 3 is 2.17 bits per heavy atom. The molecule has 0 saturated carbocycles. The SMILES string of the molecule is CC(C)CC(CC(=O)C1c2ccccc2Oc2ccccc21)C(=O)N[C@@H](Cc1ccccc1)C(=O)COn1nnc2ccccc21. The van der Waals surface area contributed by atoms with E-state index in [1.165, 1.54) is 4.85 Å². The first-order valence-electron chi connectivity index (χ1n) is 15.6. The number of ether oxygens (including phenoxy) is 1. The molecule has 1 aliphatic rings. The second kappa shape index (κ2) is 13.8. The monoisotopic (exact) mass is 616 g/mol. The average Bonchev–Trinajstić information content (AvgIpc) is 3.48. The standard InChI is InChI=1S/C37H36N4O5/c1-24(2)20-26(22-32(42)36-27-14-6-10-18-34(27)46-35-19-11-7-15-28(35)36)37(44)38-30(21-25-12-4-3-5-13-25)33(43)23-45-41-31-17-9-8-16-29(31)39-40-41/h3-19,24,26,30,36H,20-23H2,1-2H3,(H,38,44)/t26?,30-/m0/s1. The van der Waals surface area contributed by atoms with Gasteiger partial charge in [0.2, 0.25) is 5.91 Å². The normalized spacial score (nSPS) is 13.7. The minimum Gasteiger partial charge on any atom is -0.457 e. The predicted molar refractivity (Wildman–Crippen MR) is 173 cm³/mol. The van der Waals surface area contributed by atoms with E-state index in [0.717, 1.165) is 16.7 Å². The minimum atomic E-state index is -0.876. The molecule has 4 aromatic carbocycles. The number of nitrogens with one attached hydrogen (secondary N) is 1. The molecule has 0 aliphatic carbocycles. The molecule has 1 amide bonds. The Morgan fingerprint density at radius 2 is 1.48 bits per heavy atom. The van der Waals surface area contributed by atoms with Gasteiger partial charge in [0.15, 0.2) is 12.4 Å². The molecule has 9 heteroatoms. The molecular formula is C37H36N4O5. The van der Waals surface area contributed by atoms with Crippen LogP contribution in [0.4, 0.5) is 0 Å². The van der Waals surface area contributed by atoms with Crippen LogP contribution in [0.2, 0.25) is 0 Å². The molecule has 46 heavy (non-hydrogen) atoms. The van der Waals surface area contributed by atoms with Crippen molar-refractivity contribution in [2.24, 2.45) is 11.8 Å². The highest BCUT2D eigenvalue weighted by Gasteiger charge is 2.35. The fourth-order valence-electron chi connectivity index (χ4n) is 6.02. The number of nitrogens with zero attached hydrogens (tertiary/aromatic N) is 3. The van der Waals surface area contributed by atoms with Gasteiger partial charge in [-0.2, -0.15) is 0 Å². The van der Waals surface area contributed by atoms with Crippen molar-refractivity contribution in [3.05, 3.63) is 120 Å². The third-order valence-electron chi connectivity index (χ3n) is 8.21. The van der Waals surface area contributed by atoms with Gasteiger partial charge in [-0.1, -0.05) is 97.6 Å². The molecule has 0 bridgehead atoms. The van der Waals surface area contributed by atoms with Gasteiger partial charge in [-0.15, -0.1) is 5.10 Å². The molecule has 234 valence electrons. The van der Waals surface area contributed by atoms with Gasteiger partial charge in [0, 0.05) is 23.5 Å². The number of carbonyl (C=O) groups is 3. The second-order valence-corrected chi connectivity index (χ2v) is 12.0. The highest BCUT2D eigenvalue weighted by atomic mass is 16.7. The number of para-hydroxylation sites is 3. The largest absolute Gasteiger partial charge is 0.457 e. The van der Waals surface area contributed by atoms with E-state index in [1.54, 1.807) is 12.1 Å². The quantitative estimate of drug-likeness (QED) is 0.180. The van der Waals surface area contributed by atoms with Crippen molar-refractivity contribution in [2.45, 2.75) is 45.1 Å². The molecule has 0 spiro atoms. The van der Waals surface area contributed by atoms with Gasteiger partial charge in [-0.05, 0) is 53.8 Å². The summed E-state index contributed by atoms with van der Waals surface area (Å²) in [6.45, 7) is 3.72. The molecule has 1 unspecified atom stereocenters. The number of hydrogen-bond acceptors (Lipinski definition) is 7. The fourth-order valence-corrected chi connectivity index (χ4v) is 6.02. The van der Waals surface area contributed by atoms with Crippen LogP contribution >= 0.6 is 0 Å². The molecule has 2 heterocycles. The van der Waals surface area contributed by atoms with Crippen LogP contribution in [0.3, 0.4) is 0 Å². The van der Waals surface area contributed by atoms with Crippen LogP contribution in [0.1, 0.15) is 49.3 Å². The van der Waals surface area contributed by atoms with E-state index in [-0.39, 0.29) is 42.8 Å². The summed E-state index contributed by atoms with van der Waals surface area (Å²) in [5.74, 6) is -0.510. The molecule has 0 fully saturated rings. The molecule has 1 aromatic heterocycles. The summed E-state index contributed by atoms with van der Waals surface area (Å²) in [5, 5.41) is 11.1. The first-order chi connectivity index (χ1) is 22.4. The van der Waals surface area contributed by atoms with Crippen LogP contribution < -0.4 is 14.9 Å². The lowest BCUT2D eigenvalue weighted by Gasteiger charge is -2.29. The lowest BCUT2D eigenvalue weighted by molar-refractivity contribution is -0.134. The Bertz CT molecular complexity index is 1810. The first kappa shape index (κ1) is 30.7. The number of rotatable bonds is 13. The van der Waals surface area contributed by atoms with Crippen LogP contribution in [0.25, 0.3) is 11.0 Å². The lowest BCUT2D eigenvalue weighted by Crippen LogP contribution is -2.47. The van der Waals surface area contributed by atoms with Crippen LogP contribution in [-0.4, -0.2) is 45.3 Å². The van der Waals surface area contributed by atoms with Crippen LogP contribution in [0, 0.1) is 11.8 Å². The molecule has 2 atom stereocenters. The molecule has 5 aromatic rings. The number of carbonyl (C=O) groups excluding carboxylic acids is 3. The summed E-state index contributed by atoms with van der Waals surface area (Å²) < 4.78 is 6.09. The van der Waals surface area contributed by atoms with Gasteiger partial charge in [0.25, 0.3) is 0 Å². The third kappa shape index (κ3) is 6.83. The van der Waals surface area contributed by atoms with Gasteiger partial charge >= 0.3 is 0 Å². The fraction of sp³-hybridized carbons (Fsp3) is 0.270. The Hall–Kier alpha value is -5.31. The van der Waals surface area contributed by atoms with E-state index in [2.05, 4.69) is 15.6 Å². The number of fused-ring (bicyclic) bond motifs is 3. The highest BCUT2D eigenvalue weighted by molar-refractivity contribution is 5.96. The number of ketones is 2. The Balaban J connectivity index is 1.22. The van der Waals surface area contributed by atoms with Crippen LogP contribution in [0.5, 0.6) is 11.5 Å².